The van der Waals surface area contributed by atoms with Crippen LogP contribution in [0, 0.1) is 0 Å². The van der Waals surface area contributed by atoms with Crippen LogP contribution in [0.3, 0.4) is 0 Å². The maximum atomic E-state index is 13.1. The van der Waals surface area contributed by atoms with Crippen LogP contribution in [0.5, 0.6) is 0 Å². The third-order valence-corrected chi connectivity index (χ3v) is 5.43. The van der Waals surface area contributed by atoms with E-state index in [9.17, 15) is 23.1 Å². The number of guanidine groups is 1. The monoisotopic (exact) mass is 488 g/mol. The van der Waals surface area contributed by atoms with E-state index >= 15 is 0 Å². The third-order valence-electron chi connectivity index (χ3n) is 4.70. The van der Waals surface area contributed by atoms with Gasteiger partial charge in [-0.2, -0.15) is 18.2 Å². The number of carbonyl (C=O) groups is 1. The molecule has 0 bridgehead atoms. The van der Waals surface area contributed by atoms with Crippen LogP contribution >= 0.6 is 23.2 Å². The maximum Gasteiger partial charge on any atom is 0.416 e. The SMILES string of the molecule is CC(C)(C)N1C(=O)N=C(Nc2cccc(C(F)(F)F)c2)N(Cc2ccc(Cl)c(Cl)c2)C1O. The summed E-state index contributed by atoms with van der Waals surface area (Å²) < 4.78 is 39.3. The summed E-state index contributed by atoms with van der Waals surface area (Å²) in [7, 11) is 0. The second-order valence-electron chi connectivity index (χ2n) is 8.19. The lowest BCUT2D eigenvalue weighted by atomic mass is 10.1. The number of nitrogens with zero attached hydrogens (tertiary/aromatic N) is 3. The molecule has 6 nitrogen and oxygen atoms in total. The first-order valence-electron chi connectivity index (χ1n) is 9.52. The number of aliphatic imine (C=N–C) groups is 1. The van der Waals surface area contributed by atoms with Crippen LogP contribution in [-0.2, 0) is 12.7 Å². The van der Waals surface area contributed by atoms with E-state index in [0.29, 0.717) is 15.6 Å². The molecule has 1 aliphatic heterocycles. The Labute approximate surface area is 193 Å². The van der Waals surface area contributed by atoms with Crippen LogP contribution < -0.4 is 5.32 Å². The standard InChI is InChI=1S/C21H21Cl2F3N4O2/c1-20(2,3)30-18(31)28-17(27-14-6-4-5-13(10-14)21(24,25)26)29(19(30)32)11-12-7-8-15(22)16(23)9-12/h4-10,19,32H,11H2,1-3H3,(H,27,28,31). The zero-order chi connectivity index (χ0) is 23.8. The molecule has 32 heavy (non-hydrogen) atoms. The molecule has 0 spiro atoms. The summed E-state index contributed by atoms with van der Waals surface area (Å²) in [6.45, 7) is 5.23. The number of halogens is 5. The van der Waals surface area contributed by atoms with Crippen molar-refractivity contribution in [3.8, 4) is 0 Å². The summed E-state index contributed by atoms with van der Waals surface area (Å²) >= 11 is 12.1. The van der Waals surface area contributed by atoms with Gasteiger partial charge in [-0.05, 0) is 56.7 Å². The van der Waals surface area contributed by atoms with Crippen LogP contribution in [0.1, 0.15) is 31.9 Å². The van der Waals surface area contributed by atoms with Crippen LogP contribution in [0.25, 0.3) is 0 Å². The Morgan fingerprint density at radius 3 is 2.38 bits per heavy atom. The number of anilines is 1. The lowest BCUT2D eigenvalue weighted by Gasteiger charge is -2.46. The molecule has 2 N–H and O–H groups in total. The maximum absolute atomic E-state index is 13.1. The number of aliphatic hydroxyl groups excluding tert-OH is 1. The molecule has 2 aromatic carbocycles. The zero-order valence-electron chi connectivity index (χ0n) is 17.4. The predicted octanol–water partition coefficient (Wildman–Crippen LogP) is 5.79. The minimum Gasteiger partial charge on any atom is -0.356 e. The van der Waals surface area contributed by atoms with Gasteiger partial charge < -0.3 is 10.4 Å². The molecular weight excluding hydrogens is 468 g/mol. The molecule has 0 saturated carbocycles. The average Bonchev–Trinajstić information content (AvgIpc) is 2.66. The number of hydrogen-bond donors (Lipinski definition) is 2. The van der Waals surface area contributed by atoms with Gasteiger partial charge in [0, 0.05) is 11.2 Å². The van der Waals surface area contributed by atoms with Crippen LogP contribution in [-0.4, -0.2) is 38.8 Å². The Bertz CT molecular complexity index is 1050. The number of amides is 2. The first-order valence-corrected chi connectivity index (χ1v) is 10.3. The van der Waals surface area contributed by atoms with Gasteiger partial charge in [-0.3, -0.25) is 9.80 Å². The molecule has 1 unspecified atom stereocenters. The molecule has 3 rings (SSSR count). The highest BCUT2D eigenvalue weighted by Crippen LogP contribution is 2.32. The quantitative estimate of drug-likeness (QED) is 0.573. The number of hydrogen-bond acceptors (Lipinski definition) is 4. The van der Waals surface area contributed by atoms with Crippen LogP contribution in [0.2, 0.25) is 10.0 Å². The molecule has 0 fully saturated rings. The first-order chi connectivity index (χ1) is 14.8. The fourth-order valence-electron chi connectivity index (χ4n) is 3.18. The summed E-state index contributed by atoms with van der Waals surface area (Å²) in [5.41, 5.74) is -0.947. The van der Waals surface area contributed by atoms with Crippen molar-refractivity contribution in [3.05, 3.63) is 63.6 Å². The number of carbonyl (C=O) groups excluding carboxylic acids is 1. The van der Waals surface area contributed by atoms with Gasteiger partial charge in [0.2, 0.25) is 12.3 Å². The number of rotatable bonds is 3. The van der Waals surface area contributed by atoms with Crippen molar-refractivity contribution >= 4 is 40.9 Å². The minimum absolute atomic E-state index is 0.0444. The molecule has 0 aliphatic carbocycles. The van der Waals surface area contributed by atoms with E-state index in [-0.39, 0.29) is 18.2 Å². The average molecular weight is 489 g/mol. The van der Waals surface area contributed by atoms with Gasteiger partial charge in [-0.25, -0.2) is 4.79 Å². The second-order valence-corrected chi connectivity index (χ2v) is 9.00. The minimum atomic E-state index is -4.54. The topological polar surface area (TPSA) is 68.2 Å². The molecular formula is C21H21Cl2F3N4O2. The van der Waals surface area contributed by atoms with Gasteiger partial charge in [-0.1, -0.05) is 35.3 Å². The highest BCUT2D eigenvalue weighted by Gasteiger charge is 2.41. The Hall–Kier alpha value is -2.49. The van der Waals surface area contributed by atoms with E-state index in [0.717, 1.165) is 12.1 Å². The molecule has 0 saturated heterocycles. The fourth-order valence-corrected chi connectivity index (χ4v) is 3.50. The van der Waals surface area contributed by atoms with E-state index in [1.807, 2.05) is 0 Å². The van der Waals surface area contributed by atoms with Crippen molar-refractivity contribution in [1.29, 1.82) is 0 Å². The lowest BCUT2D eigenvalue weighted by molar-refractivity contribution is -0.137. The van der Waals surface area contributed by atoms with E-state index in [2.05, 4.69) is 10.3 Å². The molecule has 1 atom stereocenters. The summed E-state index contributed by atoms with van der Waals surface area (Å²) in [6, 6.07) is 8.59. The molecule has 0 radical (unpaired) electrons. The van der Waals surface area contributed by atoms with E-state index in [1.165, 1.54) is 21.9 Å². The summed E-state index contributed by atoms with van der Waals surface area (Å²) in [4.78, 5) is 19.2. The van der Waals surface area contributed by atoms with Crippen molar-refractivity contribution in [1.82, 2.24) is 9.80 Å². The summed E-state index contributed by atoms with van der Waals surface area (Å²) in [5, 5.41) is 14.4. The molecule has 1 heterocycles. The van der Waals surface area contributed by atoms with E-state index in [4.69, 9.17) is 23.2 Å². The van der Waals surface area contributed by atoms with Gasteiger partial charge in [0.25, 0.3) is 0 Å². The van der Waals surface area contributed by atoms with Crippen molar-refractivity contribution in [2.45, 2.75) is 45.4 Å². The Morgan fingerprint density at radius 2 is 1.78 bits per heavy atom. The van der Waals surface area contributed by atoms with Crippen molar-refractivity contribution in [3.63, 3.8) is 0 Å². The molecule has 2 aromatic rings. The highest BCUT2D eigenvalue weighted by atomic mass is 35.5. The molecule has 2 amide bonds. The Morgan fingerprint density at radius 1 is 1.09 bits per heavy atom. The second kappa shape index (κ2) is 8.80. The fraction of sp³-hybridized carbons (Fsp3) is 0.333. The van der Waals surface area contributed by atoms with Crippen molar-refractivity contribution < 1.29 is 23.1 Å². The number of alkyl halides is 3. The lowest BCUT2D eigenvalue weighted by Crippen LogP contribution is -2.63. The number of aliphatic hydroxyl groups is 1. The normalized spacial score (nSPS) is 17.5. The molecule has 1 aliphatic rings. The molecule has 172 valence electrons. The van der Waals surface area contributed by atoms with Crippen molar-refractivity contribution in [2.75, 3.05) is 5.32 Å². The Balaban J connectivity index is 2.00. The smallest absolute Gasteiger partial charge is 0.356 e. The van der Waals surface area contributed by atoms with Gasteiger partial charge in [0.15, 0.2) is 0 Å². The number of nitrogens with one attached hydrogen (secondary N) is 1. The number of benzene rings is 2. The van der Waals surface area contributed by atoms with Crippen molar-refractivity contribution in [2.24, 2.45) is 4.99 Å². The summed E-state index contributed by atoms with van der Waals surface area (Å²) in [6.07, 6.45) is -5.98. The number of urea groups is 1. The van der Waals surface area contributed by atoms with Gasteiger partial charge in [0.05, 0.1) is 22.2 Å². The largest absolute Gasteiger partial charge is 0.416 e. The molecule has 0 aromatic heterocycles. The van der Waals surface area contributed by atoms with Crippen LogP contribution in [0.4, 0.5) is 23.7 Å². The predicted molar refractivity (Wildman–Crippen MR) is 118 cm³/mol. The zero-order valence-corrected chi connectivity index (χ0v) is 18.9. The Kier molecular flexibility index (Phi) is 6.65. The van der Waals surface area contributed by atoms with Gasteiger partial charge in [-0.15, -0.1) is 0 Å². The van der Waals surface area contributed by atoms with Gasteiger partial charge >= 0.3 is 12.2 Å². The van der Waals surface area contributed by atoms with Gasteiger partial charge in [0.1, 0.15) is 0 Å². The van der Waals surface area contributed by atoms with E-state index in [1.54, 1.807) is 39.0 Å². The third kappa shape index (κ3) is 5.28. The highest BCUT2D eigenvalue weighted by molar-refractivity contribution is 6.42. The summed E-state index contributed by atoms with van der Waals surface area (Å²) in [5.74, 6) is -0.103. The molecule has 11 heteroatoms. The van der Waals surface area contributed by atoms with E-state index < -0.39 is 29.7 Å². The van der Waals surface area contributed by atoms with Crippen LogP contribution in [0.15, 0.2) is 47.5 Å². The first kappa shape index (κ1) is 24.2.